The number of carbonyl (C=O) groups is 2. The molecule has 0 aromatic rings. The molecule has 1 atom stereocenters. The zero-order valence-corrected chi connectivity index (χ0v) is 11.5. The normalized spacial score (nSPS) is 21.6. The fraction of sp³-hybridized carbons (Fsp3) is 0.833. The van der Waals surface area contributed by atoms with Crippen LogP contribution in [0.15, 0.2) is 0 Å². The summed E-state index contributed by atoms with van der Waals surface area (Å²) < 4.78 is 36.5. The Hall–Kier alpha value is -1.31. The molecule has 20 heavy (non-hydrogen) atoms. The molecule has 1 fully saturated rings. The Labute approximate surface area is 115 Å². The van der Waals surface area contributed by atoms with Gasteiger partial charge in [0.2, 0.25) is 0 Å². The molecule has 0 bridgehead atoms. The second kappa shape index (κ2) is 5.99. The Balaban J connectivity index is 2.55. The number of likely N-dealkylation sites (tertiary alicyclic amines) is 1. The van der Waals surface area contributed by atoms with Crippen LogP contribution in [0.25, 0.3) is 0 Å². The summed E-state index contributed by atoms with van der Waals surface area (Å²) in [5, 5.41) is 11.0. The molecule has 5 nitrogen and oxygen atoms in total. The summed E-state index contributed by atoms with van der Waals surface area (Å²) in [7, 11) is 0. The third-order valence-corrected chi connectivity index (χ3v) is 3.30. The van der Waals surface area contributed by atoms with Gasteiger partial charge in [0.25, 0.3) is 0 Å². The number of amides is 1. The number of nitrogens with zero attached hydrogens (tertiary/aromatic N) is 1. The second-order valence-corrected chi connectivity index (χ2v) is 5.73. The molecule has 1 heterocycles. The number of carboxylic acid groups (broad SMARTS) is 1. The van der Waals surface area contributed by atoms with E-state index in [2.05, 4.69) is 0 Å². The number of nitrogens with one attached hydrogen (secondary N) is 1. The Morgan fingerprint density at radius 3 is 2.45 bits per heavy atom. The lowest BCUT2D eigenvalue weighted by Crippen LogP contribution is -2.53. The number of hydrogen-bond acceptors (Lipinski definition) is 3. The van der Waals surface area contributed by atoms with Crippen molar-refractivity contribution in [3.63, 3.8) is 0 Å². The fourth-order valence-electron chi connectivity index (χ4n) is 2.21. The summed E-state index contributed by atoms with van der Waals surface area (Å²) in [6.45, 7) is 4.22. The minimum absolute atomic E-state index is 0.235. The number of rotatable bonds is 4. The summed E-state index contributed by atoms with van der Waals surface area (Å²) in [6, 6.07) is -0.595. The lowest BCUT2D eigenvalue weighted by atomic mass is 9.91. The summed E-state index contributed by atoms with van der Waals surface area (Å²) in [5.74, 6) is -2.90. The molecular formula is C12H19F3N2O3. The first kappa shape index (κ1) is 16.7. The SMILES string of the molecule is CC(C)(CN1CCCC(NC(=O)C(F)(F)F)C1)C(=O)O. The molecule has 0 spiro atoms. The topological polar surface area (TPSA) is 69.6 Å². The number of carbonyl (C=O) groups excluding carboxylic acids is 1. The molecule has 0 aliphatic carbocycles. The Morgan fingerprint density at radius 2 is 1.95 bits per heavy atom. The molecule has 1 aliphatic heterocycles. The molecule has 1 saturated heterocycles. The smallest absolute Gasteiger partial charge is 0.471 e. The van der Waals surface area contributed by atoms with Crippen molar-refractivity contribution >= 4 is 11.9 Å². The molecular weight excluding hydrogens is 277 g/mol. The molecule has 0 aromatic heterocycles. The third kappa shape index (κ3) is 4.66. The van der Waals surface area contributed by atoms with Gasteiger partial charge in [-0.2, -0.15) is 13.2 Å². The highest BCUT2D eigenvalue weighted by Crippen LogP contribution is 2.21. The molecule has 8 heteroatoms. The van der Waals surface area contributed by atoms with Crippen molar-refractivity contribution in [1.29, 1.82) is 0 Å². The molecule has 1 unspecified atom stereocenters. The van der Waals surface area contributed by atoms with E-state index in [4.69, 9.17) is 5.11 Å². The van der Waals surface area contributed by atoms with E-state index in [1.165, 1.54) is 0 Å². The quantitative estimate of drug-likeness (QED) is 0.819. The molecule has 0 radical (unpaired) electrons. The van der Waals surface area contributed by atoms with Crippen LogP contribution >= 0.6 is 0 Å². The van der Waals surface area contributed by atoms with Crippen LogP contribution in [-0.2, 0) is 9.59 Å². The van der Waals surface area contributed by atoms with Crippen molar-refractivity contribution in [1.82, 2.24) is 10.2 Å². The monoisotopic (exact) mass is 296 g/mol. The van der Waals surface area contributed by atoms with Gasteiger partial charge in [0.1, 0.15) is 0 Å². The minimum atomic E-state index is -4.89. The highest BCUT2D eigenvalue weighted by Gasteiger charge is 2.40. The lowest BCUT2D eigenvalue weighted by Gasteiger charge is -2.36. The van der Waals surface area contributed by atoms with Crippen molar-refractivity contribution in [2.45, 2.75) is 38.9 Å². The number of carboxylic acids is 1. The Bertz CT molecular complexity index is 383. The molecule has 0 saturated carbocycles. The van der Waals surface area contributed by atoms with Crippen molar-refractivity contribution in [3.8, 4) is 0 Å². The zero-order valence-electron chi connectivity index (χ0n) is 11.5. The van der Waals surface area contributed by atoms with E-state index < -0.39 is 29.5 Å². The van der Waals surface area contributed by atoms with Gasteiger partial charge in [0.05, 0.1) is 5.41 Å². The summed E-state index contributed by atoms with van der Waals surface area (Å²) in [5.41, 5.74) is -0.976. The molecule has 1 rings (SSSR count). The van der Waals surface area contributed by atoms with Crippen LogP contribution in [0.1, 0.15) is 26.7 Å². The van der Waals surface area contributed by atoms with Gasteiger partial charge in [0.15, 0.2) is 0 Å². The van der Waals surface area contributed by atoms with Gasteiger partial charge in [-0.15, -0.1) is 0 Å². The van der Waals surface area contributed by atoms with E-state index in [1.807, 2.05) is 5.32 Å². The number of aliphatic carboxylic acids is 1. The summed E-state index contributed by atoms with van der Waals surface area (Å²) in [4.78, 5) is 23.7. The number of halogens is 3. The lowest BCUT2D eigenvalue weighted by molar-refractivity contribution is -0.174. The van der Waals surface area contributed by atoms with Crippen LogP contribution in [0.4, 0.5) is 13.2 Å². The maximum absolute atomic E-state index is 12.2. The predicted molar refractivity (Wildman–Crippen MR) is 65.1 cm³/mol. The van der Waals surface area contributed by atoms with Gasteiger partial charge < -0.3 is 15.3 Å². The fourth-order valence-corrected chi connectivity index (χ4v) is 2.21. The van der Waals surface area contributed by atoms with E-state index in [1.54, 1.807) is 18.7 Å². The molecule has 2 N–H and O–H groups in total. The van der Waals surface area contributed by atoms with E-state index in [0.29, 0.717) is 19.4 Å². The molecule has 1 aliphatic rings. The van der Waals surface area contributed by atoms with Crippen molar-refractivity contribution in [2.24, 2.45) is 5.41 Å². The third-order valence-electron chi connectivity index (χ3n) is 3.30. The highest BCUT2D eigenvalue weighted by atomic mass is 19.4. The van der Waals surface area contributed by atoms with Gasteiger partial charge in [-0.1, -0.05) is 0 Å². The minimum Gasteiger partial charge on any atom is -0.481 e. The van der Waals surface area contributed by atoms with Gasteiger partial charge in [-0.25, -0.2) is 0 Å². The molecule has 0 aromatic carbocycles. The van der Waals surface area contributed by atoms with E-state index in [0.717, 1.165) is 0 Å². The average Bonchev–Trinajstić information content (AvgIpc) is 2.27. The number of alkyl halides is 3. The summed E-state index contributed by atoms with van der Waals surface area (Å²) >= 11 is 0. The predicted octanol–water partition coefficient (Wildman–Crippen LogP) is 1.24. The van der Waals surface area contributed by atoms with Gasteiger partial charge >= 0.3 is 18.1 Å². The zero-order chi connectivity index (χ0) is 15.6. The Kier molecular flexibility index (Phi) is 5.01. The van der Waals surface area contributed by atoms with Crippen LogP contribution < -0.4 is 5.32 Å². The van der Waals surface area contributed by atoms with Crippen LogP contribution in [0.3, 0.4) is 0 Å². The van der Waals surface area contributed by atoms with Gasteiger partial charge in [-0.05, 0) is 33.2 Å². The highest BCUT2D eigenvalue weighted by molar-refractivity contribution is 5.82. The average molecular weight is 296 g/mol. The van der Waals surface area contributed by atoms with Crippen LogP contribution in [0.2, 0.25) is 0 Å². The van der Waals surface area contributed by atoms with E-state index >= 15 is 0 Å². The summed E-state index contributed by atoms with van der Waals surface area (Å²) in [6.07, 6.45) is -3.80. The van der Waals surface area contributed by atoms with Crippen LogP contribution in [0, 0.1) is 5.41 Å². The van der Waals surface area contributed by atoms with Crippen molar-refractivity contribution < 1.29 is 27.9 Å². The first-order valence-corrected chi connectivity index (χ1v) is 6.36. The molecule has 116 valence electrons. The van der Waals surface area contributed by atoms with E-state index in [-0.39, 0.29) is 13.1 Å². The largest absolute Gasteiger partial charge is 0.481 e. The van der Waals surface area contributed by atoms with Crippen molar-refractivity contribution in [3.05, 3.63) is 0 Å². The maximum atomic E-state index is 12.2. The van der Waals surface area contributed by atoms with Crippen LogP contribution in [0.5, 0.6) is 0 Å². The standard InChI is InChI=1S/C12H19F3N2O3/c1-11(2,10(19)20)7-17-5-3-4-8(6-17)16-9(18)12(13,14)15/h8H,3-7H2,1-2H3,(H,16,18)(H,19,20). The molecule has 1 amide bonds. The van der Waals surface area contributed by atoms with Crippen LogP contribution in [-0.4, -0.2) is 53.7 Å². The second-order valence-electron chi connectivity index (χ2n) is 5.73. The number of hydrogen-bond donors (Lipinski definition) is 2. The number of piperidine rings is 1. The van der Waals surface area contributed by atoms with Crippen molar-refractivity contribution in [2.75, 3.05) is 19.6 Å². The first-order valence-electron chi connectivity index (χ1n) is 6.36. The van der Waals surface area contributed by atoms with Gasteiger partial charge in [-0.3, -0.25) is 9.59 Å². The first-order chi connectivity index (χ1) is 9.02. The maximum Gasteiger partial charge on any atom is 0.471 e. The Morgan fingerprint density at radius 1 is 1.35 bits per heavy atom. The van der Waals surface area contributed by atoms with E-state index in [9.17, 15) is 22.8 Å². The van der Waals surface area contributed by atoms with Gasteiger partial charge in [0, 0.05) is 19.1 Å².